The van der Waals surface area contributed by atoms with Crippen LogP contribution in [0.1, 0.15) is 31.9 Å². The van der Waals surface area contributed by atoms with Gasteiger partial charge in [0.25, 0.3) is 0 Å². The van der Waals surface area contributed by atoms with Gasteiger partial charge in [0.1, 0.15) is 5.75 Å². The number of fused-ring (bicyclic) bond motifs is 2. The van der Waals surface area contributed by atoms with Gasteiger partial charge in [-0.2, -0.15) is 5.10 Å². The predicted octanol–water partition coefficient (Wildman–Crippen LogP) is 3.53. The van der Waals surface area contributed by atoms with Crippen LogP contribution in [-0.4, -0.2) is 9.78 Å². The fourth-order valence-electron chi connectivity index (χ4n) is 2.26. The Kier molecular flexibility index (Phi) is 2.44. The highest BCUT2D eigenvalue weighted by Gasteiger charge is 2.19. The first kappa shape index (κ1) is 11.3. The Bertz CT molecular complexity index is 578. The molecule has 0 fully saturated rings. The Hall–Kier alpha value is -1.77. The van der Waals surface area contributed by atoms with E-state index < -0.39 is 0 Å². The van der Waals surface area contributed by atoms with Crippen LogP contribution < -0.4 is 4.74 Å². The standard InChI is InChI=1S/C15H18N2O/c1-15(2,3)12-4-5-13-11(10-12)7-9-17-14(18-13)6-8-16-17/h4-6,8,10H,7,9H2,1-3H3. The SMILES string of the molecule is CC(C)(C)c1ccc2c(c1)CCn1nccc1O2. The average molecular weight is 242 g/mol. The van der Waals surface area contributed by atoms with Crippen molar-refractivity contribution in [1.29, 1.82) is 0 Å². The average Bonchev–Trinajstić information content (AvgIpc) is 2.67. The molecule has 2 heterocycles. The first-order valence-corrected chi connectivity index (χ1v) is 6.37. The van der Waals surface area contributed by atoms with Crippen LogP contribution in [0.5, 0.6) is 11.6 Å². The zero-order valence-corrected chi connectivity index (χ0v) is 11.1. The van der Waals surface area contributed by atoms with Crippen molar-refractivity contribution in [2.45, 2.75) is 39.2 Å². The number of hydrogen-bond donors (Lipinski definition) is 0. The van der Waals surface area contributed by atoms with Crippen LogP contribution in [0.2, 0.25) is 0 Å². The smallest absolute Gasteiger partial charge is 0.217 e. The number of hydrogen-bond acceptors (Lipinski definition) is 2. The molecule has 0 amide bonds. The van der Waals surface area contributed by atoms with Crippen LogP contribution in [0.15, 0.2) is 30.5 Å². The second-order valence-electron chi connectivity index (χ2n) is 5.82. The van der Waals surface area contributed by atoms with E-state index in [4.69, 9.17) is 4.74 Å². The first-order valence-electron chi connectivity index (χ1n) is 6.37. The van der Waals surface area contributed by atoms with E-state index in [9.17, 15) is 0 Å². The lowest BCUT2D eigenvalue weighted by Gasteiger charge is -2.20. The highest BCUT2D eigenvalue weighted by atomic mass is 16.5. The Labute approximate surface area is 107 Å². The molecule has 0 N–H and O–H groups in total. The van der Waals surface area contributed by atoms with Crippen molar-refractivity contribution in [3.05, 3.63) is 41.6 Å². The van der Waals surface area contributed by atoms with Gasteiger partial charge in [-0.05, 0) is 29.0 Å². The summed E-state index contributed by atoms with van der Waals surface area (Å²) in [4.78, 5) is 0. The van der Waals surface area contributed by atoms with Gasteiger partial charge >= 0.3 is 0 Å². The molecule has 1 aromatic carbocycles. The highest BCUT2D eigenvalue weighted by molar-refractivity contribution is 5.42. The van der Waals surface area contributed by atoms with Crippen molar-refractivity contribution in [3.63, 3.8) is 0 Å². The molecule has 3 heteroatoms. The summed E-state index contributed by atoms with van der Waals surface area (Å²) in [5.74, 6) is 1.79. The van der Waals surface area contributed by atoms with E-state index in [0.29, 0.717) is 0 Å². The monoisotopic (exact) mass is 242 g/mol. The normalized spacial score (nSPS) is 14.4. The van der Waals surface area contributed by atoms with Crippen molar-refractivity contribution in [3.8, 4) is 11.6 Å². The minimum absolute atomic E-state index is 0.176. The molecule has 0 saturated carbocycles. The molecular weight excluding hydrogens is 224 g/mol. The topological polar surface area (TPSA) is 27.1 Å². The molecule has 18 heavy (non-hydrogen) atoms. The fraction of sp³-hybridized carbons (Fsp3) is 0.400. The van der Waals surface area contributed by atoms with Crippen molar-refractivity contribution >= 4 is 0 Å². The van der Waals surface area contributed by atoms with Crippen LogP contribution >= 0.6 is 0 Å². The summed E-state index contributed by atoms with van der Waals surface area (Å²) in [6, 6.07) is 8.41. The zero-order valence-electron chi connectivity index (χ0n) is 11.1. The highest BCUT2D eigenvalue weighted by Crippen LogP contribution is 2.33. The van der Waals surface area contributed by atoms with Crippen LogP contribution in [0, 0.1) is 0 Å². The Balaban J connectivity index is 2.01. The minimum atomic E-state index is 0.176. The van der Waals surface area contributed by atoms with Crippen molar-refractivity contribution < 1.29 is 4.74 Å². The molecule has 94 valence electrons. The van der Waals surface area contributed by atoms with Crippen molar-refractivity contribution in [2.24, 2.45) is 0 Å². The number of benzene rings is 1. The maximum Gasteiger partial charge on any atom is 0.217 e. The minimum Gasteiger partial charge on any atom is -0.439 e. The van der Waals surface area contributed by atoms with Crippen LogP contribution in [0.4, 0.5) is 0 Å². The van der Waals surface area contributed by atoms with Gasteiger partial charge in [-0.1, -0.05) is 32.9 Å². The number of aromatic nitrogens is 2. The van der Waals surface area contributed by atoms with Gasteiger partial charge < -0.3 is 4.74 Å². The molecular formula is C15H18N2O. The van der Waals surface area contributed by atoms with Crippen LogP contribution in [-0.2, 0) is 18.4 Å². The lowest BCUT2D eigenvalue weighted by molar-refractivity contribution is 0.428. The molecule has 0 spiro atoms. The number of nitrogens with zero attached hydrogens (tertiary/aromatic N) is 2. The van der Waals surface area contributed by atoms with E-state index >= 15 is 0 Å². The van der Waals surface area contributed by atoms with E-state index in [1.165, 1.54) is 11.1 Å². The van der Waals surface area contributed by atoms with Crippen molar-refractivity contribution in [2.75, 3.05) is 0 Å². The van der Waals surface area contributed by atoms with Gasteiger partial charge in [0.2, 0.25) is 5.88 Å². The van der Waals surface area contributed by atoms with Gasteiger partial charge in [-0.3, -0.25) is 0 Å². The van der Waals surface area contributed by atoms with Gasteiger partial charge in [-0.25, -0.2) is 4.68 Å². The third kappa shape index (κ3) is 1.90. The molecule has 0 aliphatic carbocycles. The van der Waals surface area contributed by atoms with Gasteiger partial charge in [0.15, 0.2) is 0 Å². The first-order chi connectivity index (χ1) is 8.54. The molecule has 2 aromatic rings. The molecule has 1 aromatic heterocycles. The largest absolute Gasteiger partial charge is 0.439 e. The second kappa shape index (κ2) is 3.87. The molecule has 3 rings (SSSR count). The van der Waals surface area contributed by atoms with E-state index in [1.807, 2.05) is 10.7 Å². The third-order valence-corrected chi connectivity index (χ3v) is 3.41. The number of ether oxygens (including phenoxy) is 1. The molecule has 0 bridgehead atoms. The summed E-state index contributed by atoms with van der Waals surface area (Å²) < 4.78 is 7.82. The van der Waals surface area contributed by atoms with E-state index in [-0.39, 0.29) is 5.41 Å². The molecule has 0 radical (unpaired) electrons. The molecule has 3 nitrogen and oxygen atoms in total. The fourth-order valence-corrected chi connectivity index (χ4v) is 2.26. The second-order valence-corrected chi connectivity index (χ2v) is 5.82. The zero-order chi connectivity index (χ0) is 12.8. The molecule has 1 aliphatic rings. The molecule has 0 atom stereocenters. The summed E-state index contributed by atoms with van der Waals surface area (Å²) in [6.07, 6.45) is 2.75. The van der Waals surface area contributed by atoms with Gasteiger partial charge in [0, 0.05) is 12.6 Å². The van der Waals surface area contributed by atoms with Crippen molar-refractivity contribution in [1.82, 2.24) is 9.78 Å². The van der Waals surface area contributed by atoms with Crippen LogP contribution in [0.25, 0.3) is 0 Å². The summed E-state index contributed by atoms with van der Waals surface area (Å²) in [6.45, 7) is 7.58. The Morgan fingerprint density at radius 1 is 1.22 bits per heavy atom. The van der Waals surface area contributed by atoms with Crippen LogP contribution in [0.3, 0.4) is 0 Å². The Morgan fingerprint density at radius 3 is 2.83 bits per heavy atom. The number of aryl methyl sites for hydroxylation is 2. The maximum atomic E-state index is 5.91. The van der Waals surface area contributed by atoms with Gasteiger partial charge in [-0.15, -0.1) is 0 Å². The van der Waals surface area contributed by atoms with E-state index in [0.717, 1.165) is 24.6 Å². The summed E-state index contributed by atoms with van der Waals surface area (Å²) in [7, 11) is 0. The predicted molar refractivity (Wildman–Crippen MR) is 71.1 cm³/mol. The quantitative estimate of drug-likeness (QED) is 0.706. The third-order valence-electron chi connectivity index (χ3n) is 3.41. The number of rotatable bonds is 0. The summed E-state index contributed by atoms with van der Waals surface area (Å²) in [5, 5.41) is 4.26. The van der Waals surface area contributed by atoms with Gasteiger partial charge in [0.05, 0.1) is 6.20 Å². The Morgan fingerprint density at radius 2 is 2.06 bits per heavy atom. The summed E-state index contributed by atoms with van der Waals surface area (Å²) in [5.41, 5.74) is 2.80. The summed E-state index contributed by atoms with van der Waals surface area (Å²) >= 11 is 0. The maximum absolute atomic E-state index is 5.91. The molecule has 0 saturated heterocycles. The molecule has 0 unspecified atom stereocenters. The van der Waals surface area contributed by atoms with E-state index in [2.05, 4.69) is 44.1 Å². The lowest BCUT2D eigenvalue weighted by atomic mass is 9.86. The lowest BCUT2D eigenvalue weighted by Crippen LogP contribution is -2.11. The van der Waals surface area contributed by atoms with E-state index in [1.54, 1.807) is 6.20 Å². The molecule has 1 aliphatic heterocycles.